The molecule has 2 aromatic rings. The SMILES string of the molecule is CCc1cccc2c(/C(C)=C/C(=O)O)cc(OC)c(O)c12. The van der Waals surface area contributed by atoms with Crippen molar-refractivity contribution < 1.29 is 19.7 Å². The lowest BCUT2D eigenvalue weighted by molar-refractivity contribution is -0.131. The summed E-state index contributed by atoms with van der Waals surface area (Å²) in [5.41, 5.74) is 2.35. The number of ether oxygens (including phenoxy) is 1. The average Bonchev–Trinajstić information content (AvgIpc) is 2.46. The molecule has 0 aliphatic heterocycles. The first-order chi connectivity index (χ1) is 9.99. The fourth-order valence-corrected chi connectivity index (χ4v) is 2.54. The number of aromatic hydroxyl groups is 1. The second kappa shape index (κ2) is 5.87. The number of phenols is 1. The van der Waals surface area contributed by atoms with Crippen molar-refractivity contribution >= 4 is 22.3 Å². The molecule has 2 rings (SSSR count). The van der Waals surface area contributed by atoms with Crippen molar-refractivity contribution in [1.82, 2.24) is 0 Å². The predicted octanol–water partition coefficient (Wildman–Crippen LogP) is 3.60. The van der Waals surface area contributed by atoms with Gasteiger partial charge in [-0.3, -0.25) is 0 Å². The van der Waals surface area contributed by atoms with Gasteiger partial charge in [0.1, 0.15) is 0 Å². The lowest BCUT2D eigenvalue weighted by Crippen LogP contribution is -1.95. The molecule has 21 heavy (non-hydrogen) atoms. The van der Waals surface area contributed by atoms with Gasteiger partial charge in [-0.2, -0.15) is 0 Å². The maximum atomic E-state index is 10.9. The first-order valence-corrected chi connectivity index (χ1v) is 6.72. The zero-order valence-corrected chi connectivity index (χ0v) is 12.3. The Morgan fingerprint density at radius 1 is 1.38 bits per heavy atom. The number of fused-ring (bicyclic) bond motifs is 1. The van der Waals surface area contributed by atoms with Gasteiger partial charge >= 0.3 is 5.97 Å². The predicted molar refractivity (Wildman–Crippen MR) is 82.8 cm³/mol. The molecule has 0 amide bonds. The highest BCUT2D eigenvalue weighted by Gasteiger charge is 2.15. The molecule has 0 saturated carbocycles. The molecule has 0 radical (unpaired) electrons. The van der Waals surface area contributed by atoms with E-state index in [1.165, 1.54) is 7.11 Å². The van der Waals surface area contributed by atoms with Crippen molar-refractivity contribution in [3.8, 4) is 11.5 Å². The second-order valence-corrected chi connectivity index (χ2v) is 4.83. The Hall–Kier alpha value is -2.49. The number of carboxylic acids is 1. The van der Waals surface area contributed by atoms with Gasteiger partial charge in [0.2, 0.25) is 0 Å². The van der Waals surface area contributed by atoms with Crippen LogP contribution < -0.4 is 4.74 Å². The number of aryl methyl sites for hydroxylation is 1. The largest absolute Gasteiger partial charge is 0.504 e. The third kappa shape index (κ3) is 2.70. The molecule has 0 aliphatic rings. The van der Waals surface area contributed by atoms with E-state index in [4.69, 9.17) is 9.84 Å². The first kappa shape index (κ1) is 14.9. The van der Waals surface area contributed by atoms with Crippen molar-refractivity contribution in [2.45, 2.75) is 20.3 Å². The smallest absolute Gasteiger partial charge is 0.328 e. The van der Waals surface area contributed by atoms with Crippen molar-refractivity contribution in [1.29, 1.82) is 0 Å². The van der Waals surface area contributed by atoms with E-state index in [0.29, 0.717) is 16.7 Å². The first-order valence-electron chi connectivity index (χ1n) is 6.72. The fourth-order valence-electron chi connectivity index (χ4n) is 2.54. The Bertz CT molecular complexity index is 729. The van der Waals surface area contributed by atoms with Gasteiger partial charge in [0.25, 0.3) is 0 Å². The lowest BCUT2D eigenvalue weighted by atomic mass is 9.94. The topological polar surface area (TPSA) is 66.8 Å². The van der Waals surface area contributed by atoms with Gasteiger partial charge in [-0.1, -0.05) is 25.1 Å². The molecular weight excluding hydrogens is 268 g/mol. The van der Waals surface area contributed by atoms with Crippen LogP contribution in [0.4, 0.5) is 0 Å². The summed E-state index contributed by atoms with van der Waals surface area (Å²) in [6, 6.07) is 7.40. The van der Waals surface area contributed by atoms with Crippen LogP contribution in [0, 0.1) is 0 Å². The molecule has 0 bridgehead atoms. The summed E-state index contributed by atoms with van der Waals surface area (Å²) >= 11 is 0. The number of carbonyl (C=O) groups is 1. The number of carboxylic acid groups (broad SMARTS) is 1. The standard InChI is InChI=1S/C17H18O4/c1-4-11-6-5-7-12-13(10(2)8-15(18)19)9-14(21-3)17(20)16(11)12/h5-9,20H,4H2,1-3H3,(H,18,19)/b10-8+. The van der Waals surface area contributed by atoms with Crippen LogP contribution in [-0.2, 0) is 11.2 Å². The van der Waals surface area contributed by atoms with Gasteiger partial charge in [0.15, 0.2) is 11.5 Å². The van der Waals surface area contributed by atoms with Gasteiger partial charge < -0.3 is 14.9 Å². The zero-order chi connectivity index (χ0) is 15.6. The van der Waals surface area contributed by atoms with Crippen LogP contribution in [0.2, 0.25) is 0 Å². The summed E-state index contributed by atoms with van der Waals surface area (Å²) in [5, 5.41) is 20.9. The number of methoxy groups -OCH3 is 1. The molecule has 0 atom stereocenters. The van der Waals surface area contributed by atoms with Gasteiger partial charge in [-0.05, 0) is 41.5 Å². The number of hydrogen-bond donors (Lipinski definition) is 2. The van der Waals surface area contributed by atoms with E-state index in [2.05, 4.69) is 0 Å². The highest BCUT2D eigenvalue weighted by Crippen LogP contribution is 2.41. The number of hydrogen-bond acceptors (Lipinski definition) is 3. The molecule has 4 nitrogen and oxygen atoms in total. The van der Waals surface area contributed by atoms with Gasteiger partial charge in [0, 0.05) is 11.5 Å². The van der Waals surface area contributed by atoms with Crippen LogP contribution in [0.3, 0.4) is 0 Å². The molecule has 0 spiro atoms. The van der Waals surface area contributed by atoms with Crippen LogP contribution in [0.5, 0.6) is 11.5 Å². The lowest BCUT2D eigenvalue weighted by Gasteiger charge is -2.15. The molecule has 0 unspecified atom stereocenters. The summed E-state index contributed by atoms with van der Waals surface area (Å²) in [7, 11) is 1.48. The minimum atomic E-state index is -1.00. The number of rotatable bonds is 4. The second-order valence-electron chi connectivity index (χ2n) is 4.83. The molecule has 0 fully saturated rings. The Morgan fingerprint density at radius 3 is 2.67 bits per heavy atom. The molecule has 0 heterocycles. The monoisotopic (exact) mass is 286 g/mol. The summed E-state index contributed by atoms with van der Waals surface area (Å²) in [6.07, 6.45) is 1.92. The van der Waals surface area contributed by atoms with E-state index in [-0.39, 0.29) is 5.75 Å². The molecule has 0 aliphatic carbocycles. The summed E-state index contributed by atoms with van der Waals surface area (Å²) in [5.74, 6) is -0.562. The van der Waals surface area contributed by atoms with Gasteiger partial charge in [0.05, 0.1) is 7.11 Å². The molecule has 0 saturated heterocycles. The minimum Gasteiger partial charge on any atom is -0.504 e. The molecule has 2 N–H and O–H groups in total. The Balaban J connectivity index is 2.89. The van der Waals surface area contributed by atoms with Crippen LogP contribution in [0.25, 0.3) is 16.3 Å². The summed E-state index contributed by atoms with van der Waals surface area (Å²) < 4.78 is 5.22. The van der Waals surface area contributed by atoms with E-state index in [0.717, 1.165) is 29.0 Å². The van der Waals surface area contributed by atoms with Crippen LogP contribution in [0.1, 0.15) is 25.0 Å². The molecule has 0 aromatic heterocycles. The van der Waals surface area contributed by atoms with Gasteiger partial charge in [-0.15, -0.1) is 0 Å². The molecule has 110 valence electrons. The zero-order valence-electron chi connectivity index (χ0n) is 12.3. The van der Waals surface area contributed by atoms with Crippen molar-refractivity contribution in [3.05, 3.63) is 41.5 Å². The molecular formula is C17H18O4. The number of allylic oxidation sites excluding steroid dienone is 1. The Kier molecular flexibility index (Phi) is 4.17. The average molecular weight is 286 g/mol. The number of aliphatic carboxylic acids is 1. The Labute approximate surface area is 123 Å². The van der Waals surface area contributed by atoms with Crippen LogP contribution in [-0.4, -0.2) is 23.3 Å². The fraction of sp³-hybridized carbons (Fsp3) is 0.235. The maximum Gasteiger partial charge on any atom is 0.328 e. The van der Waals surface area contributed by atoms with E-state index in [9.17, 15) is 9.90 Å². The minimum absolute atomic E-state index is 0.0943. The summed E-state index contributed by atoms with van der Waals surface area (Å²) in [6.45, 7) is 3.74. The van der Waals surface area contributed by atoms with E-state index in [1.54, 1.807) is 13.0 Å². The van der Waals surface area contributed by atoms with Gasteiger partial charge in [-0.25, -0.2) is 4.79 Å². The Morgan fingerprint density at radius 2 is 2.10 bits per heavy atom. The van der Waals surface area contributed by atoms with E-state index >= 15 is 0 Å². The van der Waals surface area contributed by atoms with E-state index in [1.807, 2.05) is 25.1 Å². The van der Waals surface area contributed by atoms with Crippen molar-refractivity contribution in [2.24, 2.45) is 0 Å². The molecule has 2 aromatic carbocycles. The van der Waals surface area contributed by atoms with Crippen LogP contribution >= 0.6 is 0 Å². The maximum absolute atomic E-state index is 10.9. The highest BCUT2D eigenvalue weighted by molar-refractivity contribution is 6.03. The number of benzene rings is 2. The quantitative estimate of drug-likeness (QED) is 0.843. The highest BCUT2D eigenvalue weighted by atomic mass is 16.5. The normalized spacial score (nSPS) is 11.7. The third-order valence-electron chi connectivity index (χ3n) is 3.55. The van der Waals surface area contributed by atoms with Crippen LogP contribution in [0.15, 0.2) is 30.3 Å². The third-order valence-corrected chi connectivity index (χ3v) is 3.55. The summed E-state index contributed by atoms with van der Waals surface area (Å²) in [4.78, 5) is 10.9. The van der Waals surface area contributed by atoms with E-state index < -0.39 is 5.97 Å². The van der Waals surface area contributed by atoms with Crippen molar-refractivity contribution in [2.75, 3.05) is 7.11 Å². The number of phenolic OH excluding ortho intramolecular Hbond substituents is 1. The van der Waals surface area contributed by atoms with Crippen molar-refractivity contribution in [3.63, 3.8) is 0 Å². The molecule has 4 heteroatoms.